The van der Waals surface area contributed by atoms with Gasteiger partial charge in [-0.05, 0) is 101 Å². The van der Waals surface area contributed by atoms with Gasteiger partial charge in [0.2, 0.25) is 0 Å². The van der Waals surface area contributed by atoms with Gasteiger partial charge in [-0.2, -0.15) is 0 Å². The van der Waals surface area contributed by atoms with Crippen molar-refractivity contribution >= 4 is 5.69 Å². The third-order valence-electron chi connectivity index (χ3n) is 5.72. The zero-order valence-electron chi connectivity index (χ0n) is 16.7. The van der Waals surface area contributed by atoms with Crippen molar-refractivity contribution in [3.63, 3.8) is 0 Å². The lowest BCUT2D eigenvalue weighted by Gasteiger charge is -2.16. The minimum atomic E-state index is 0.736. The second-order valence-corrected chi connectivity index (χ2v) is 7.78. The van der Waals surface area contributed by atoms with Gasteiger partial charge in [-0.1, -0.05) is 42.5 Å². The molecule has 2 nitrogen and oxygen atoms in total. The first kappa shape index (κ1) is 17.6. The predicted molar refractivity (Wildman–Crippen MR) is 121 cm³/mol. The number of fused-ring (bicyclic) bond motifs is 3. The third kappa shape index (κ3) is 3.07. The Morgan fingerprint density at radius 2 is 1.38 bits per heavy atom. The van der Waals surface area contributed by atoms with Crippen LogP contribution in [0.15, 0.2) is 78.9 Å². The molecule has 0 saturated heterocycles. The lowest BCUT2D eigenvalue weighted by atomic mass is 9.93. The number of hydrogen-bond acceptors (Lipinski definition) is 2. The first-order chi connectivity index (χ1) is 14.1. The minimum absolute atomic E-state index is 0.736. The molecule has 1 aliphatic carbocycles. The van der Waals surface area contributed by atoms with Crippen molar-refractivity contribution in [3.05, 3.63) is 101 Å². The molecule has 0 heterocycles. The van der Waals surface area contributed by atoms with Crippen molar-refractivity contribution < 1.29 is 4.74 Å². The van der Waals surface area contributed by atoms with E-state index < -0.39 is 0 Å². The molecule has 0 atom stereocenters. The maximum Gasteiger partial charge on any atom is 0.133 e. The zero-order valence-corrected chi connectivity index (χ0v) is 16.7. The zero-order chi connectivity index (χ0) is 20.0. The van der Waals surface area contributed by atoms with Gasteiger partial charge in [-0.3, -0.25) is 0 Å². The molecule has 4 aromatic carbocycles. The molecule has 4 aromatic rings. The molecule has 0 radical (unpaired) electrons. The van der Waals surface area contributed by atoms with Crippen molar-refractivity contribution in [1.82, 2.24) is 0 Å². The number of benzene rings is 4. The van der Waals surface area contributed by atoms with Crippen molar-refractivity contribution in [1.29, 1.82) is 0 Å². The van der Waals surface area contributed by atoms with Crippen LogP contribution >= 0.6 is 0 Å². The molecular formula is C27H23NO. The van der Waals surface area contributed by atoms with Crippen LogP contribution in [-0.4, -0.2) is 0 Å². The fourth-order valence-corrected chi connectivity index (χ4v) is 4.35. The topological polar surface area (TPSA) is 35.2 Å². The minimum Gasteiger partial charge on any atom is -0.457 e. The summed E-state index contributed by atoms with van der Waals surface area (Å²) in [6.07, 6.45) is 0.990. The second-order valence-electron chi connectivity index (χ2n) is 7.78. The summed E-state index contributed by atoms with van der Waals surface area (Å²) in [4.78, 5) is 0. The lowest BCUT2D eigenvalue weighted by molar-refractivity contribution is 0.475. The van der Waals surface area contributed by atoms with Crippen LogP contribution in [-0.2, 0) is 6.42 Å². The number of rotatable bonds is 3. The normalized spacial score (nSPS) is 11.8. The van der Waals surface area contributed by atoms with Gasteiger partial charge in [-0.15, -0.1) is 0 Å². The van der Waals surface area contributed by atoms with Crippen molar-refractivity contribution in [2.75, 3.05) is 5.73 Å². The van der Waals surface area contributed by atoms with Crippen LogP contribution in [0.3, 0.4) is 0 Å². The van der Waals surface area contributed by atoms with Crippen molar-refractivity contribution in [2.24, 2.45) is 0 Å². The van der Waals surface area contributed by atoms with Gasteiger partial charge in [0.25, 0.3) is 0 Å². The van der Waals surface area contributed by atoms with Crippen LogP contribution in [0.25, 0.3) is 22.3 Å². The van der Waals surface area contributed by atoms with E-state index >= 15 is 0 Å². The van der Waals surface area contributed by atoms with Crippen LogP contribution in [0.4, 0.5) is 5.69 Å². The van der Waals surface area contributed by atoms with E-state index in [2.05, 4.69) is 68.4 Å². The van der Waals surface area contributed by atoms with Crippen LogP contribution in [0.2, 0.25) is 0 Å². The Morgan fingerprint density at radius 1 is 0.724 bits per heavy atom. The standard InChI is InChI=1S/C27H23NO/c1-17-14-20(15-18(2)27(17)29-22-12-10-21(28)11-13-22)24-8-5-9-25-23-7-4-3-6-19(23)16-26(24)25/h3-15H,16,28H2,1-2H3. The molecule has 2 N–H and O–H groups in total. The van der Waals surface area contributed by atoms with Gasteiger partial charge >= 0.3 is 0 Å². The highest BCUT2D eigenvalue weighted by molar-refractivity contribution is 5.85. The summed E-state index contributed by atoms with van der Waals surface area (Å²) in [7, 11) is 0. The smallest absolute Gasteiger partial charge is 0.133 e. The Labute approximate surface area is 171 Å². The molecule has 0 bridgehead atoms. The molecule has 0 aliphatic heterocycles. The fourth-order valence-electron chi connectivity index (χ4n) is 4.35. The molecule has 0 saturated carbocycles. The highest BCUT2D eigenvalue weighted by atomic mass is 16.5. The molecule has 1 aliphatic rings. The van der Waals surface area contributed by atoms with Crippen LogP contribution in [0.5, 0.6) is 11.5 Å². The van der Waals surface area contributed by atoms with Crippen LogP contribution < -0.4 is 10.5 Å². The molecule has 5 rings (SSSR count). The van der Waals surface area contributed by atoms with Gasteiger partial charge in [0, 0.05) is 5.69 Å². The first-order valence-electron chi connectivity index (χ1n) is 9.95. The quantitative estimate of drug-likeness (QED) is 0.346. The van der Waals surface area contributed by atoms with E-state index in [1.807, 2.05) is 24.3 Å². The summed E-state index contributed by atoms with van der Waals surface area (Å²) >= 11 is 0. The van der Waals surface area contributed by atoms with E-state index in [9.17, 15) is 0 Å². The third-order valence-corrected chi connectivity index (χ3v) is 5.72. The molecule has 2 heteroatoms. The monoisotopic (exact) mass is 377 g/mol. The van der Waals surface area contributed by atoms with Gasteiger partial charge in [0.05, 0.1) is 0 Å². The van der Waals surface area contributed by atoms with Gasteiger partial charge < -0.3 is 10.5 Å². The maximum atomic E-state index is 6.17. The molecule has 29 heavy (non-hydrogen) atoms. The summed E-state index contributed by atoms with van der Waals surface area (Å²) in [5.74, 6) is 1.71. The van der Waals surface area contributed by atoms with Gasteiger partial charge in [0.15, 0.2) is 0 Å². The first-order valence-corrected chi connectivity index (χ1v) is 9.95. The molecule has 0 spiro atoms. The van der Waals surface area contributed by atoms with Crippen molar-refractivity contribution in [2.45, 2.75) is 20.3 Å². The van der Waals surface area contributed by atoms with E-state index in [0.29, 0.717) is 0 Å². The van der Waals surface area contributed by atoms with Crippen molar-refractivity contribution in [3.8, 4) is 33.8 Å². The second kappa shape index (κ2) is 6.82. The predicted octanol–water partition coefficient (Wildman–Crippen LogP) is 6.92. The van der Waals surface area contributed by atoms with E-state index in [4.69, 9.17) is 10.5 Å². The maximum absolute atomic E-state index is 6.17. The van der Waals surface area contributed by atoms with Gasteiger partial charge in [-0.25, -0.2) is 0 Å². The van der Waals surface area contributed by atoms with E-state index in [1.165, 1.54) is 33.4 Å². The number of nitrogens with two attached hydrogens (primary N) is 1. The fraction of sp³-hybridized carbons (Fsp3) is 0.111. The number of anilines is 1. The summed E-state index contributed by atoms with van der Waals surface area (Å²) in [6, 6.07) is 27.4. The van der Waals surface area contributed by atoms with Crippen LogP contribution in [0, 0.1) is 13.8 Å². The summed E-state index contributed by atoms with van der Waals surface area (Å²) in [5, 5.41) is 0. The Hall–Kier alpha value is -3.52. The van der Waals surface area contributed by atoms with Gasteiger partial charge in [0.1, 0.15) is 11.5 Å². The van der Waals surface area contributed by atoms with E-state index in [-0.39, 0.29) is 0 Å². The Morgan fingerprint density at radius 3 is 2.14 bits per heavy atom. The highest BCUT2D eigenvalue weighted by Crippen LogP contribution is 2.42. The SMILES string of the molecule is Cc1cc(-c2cccc3c2Cc2ccccc2-3)cc(C)c1Oc1ccc(N)cc1. The Bertz CT molecular complexity index is 1200. The summed E-state index contributed by atoms with van der Waals surface area (Å²) in [6.45, 7) is 4.22. The number of ether oxygens (including phenoxy) is 1. The number of aryl methyl sites for hydroxylation is 2. The number of hydrogen-bond donors (Lipinski definition) is 1. The average Bonchev–Trinajstić information content (AvgIpc) is 3.11. The van der Waals surface area contributed by atoms with E-state index in [1.54, 1.807) is 0 Å². The molecule has 0 amide bonds. The van der Waals surface area contributed by atoms with E-state index in [0.717, 1.165) is 34.7 Å². The highest BCUT2D eigenvalue weighted by Gasteiger charge is 2.21. The molecule has 142 valence electrons. The molecule has 0 unspecified atom stereocenters. The molecule has 0 fully saturated rings. The molecule has 0 aromatic heterocycles. The summed E-state index contributed by atoms with van der Waals surface area (Å²) in [5.41, 5.74) is 16.9. The van der Waals surface area contributed by atoms with Crippen LogP contribution in [0.1, 0.15) is 22.3 Å². The molecular weight excluding hydrogens is 354 g/mol. The summed E-state index contributed by atoms with van der Waals surface area (Å²) < 4.78 is 6.17. The Kier molecular flexibility index (Phi) is 4.13. The lowest BCUT2D eigenvalue weighted by Crippen LogP contribution is -1.95. The average molecular weight is 377 g/mol. The largest absolute Gasteiger partial charge is 0.457 e. The number of nitrogen functional groups attached to an aromatic ring is 1. The Balaban J connectivity index is 1.55.